The minimum absolute atomic E-state index is 0.176. The normalized spacial score (nSPS) is 39.6. The Morgan fingerprint density at radius 3 is 2.60 bits per heavy atom. The van der Waals surface area contributed by atoms with Gasteiger partial charge in [0, 0.05) is 25.2 Å². The number of carbonyl (C=O) groups is 1. The molecule has 0 bridgehead atoms. The van der Waals surface area contributed by atoms with Gasteiger partial charge in [0.25, 0.3) is 0 Å². The molecule has 0 amide bonds. The summed E-state index contributed by atoms with van der Waals surface area (Å²) in [5, 5.41) is 28.3. The maximum Gasteiger partial charge on any atom is 0.303 e. The van der Waals surface area contributed by atoms with E-state index in [0.717, 1.165) is 38.2 Å². The van der Waals surface area contributed by atoms with Crippen LogP contribution in [-0.4, -0.2) is 46.4 Å². The summed E-state index contributed by atoms with van der Waals surface area (Å²) in [6, 6.07) is 6.65. The molecule has 1 aromatic rings. The number of unbranched alkanes of at least 4 members (excludes halogenated alkanes) is 1. The average Bonchev–Trinajstić information content (AvgIpc) is 3.29. The van der Waals surface area contributed by atoms with E-state index in [9.17, 15) is 15.0 Å². The third-order valence-electron chi connectivity index (χ3n) is 12.5. The van der Waals surface area contributed by atoms with E-state index in [2.05, 4.69) is 42.5 Å². The van der Waals surface area contributed by atoms with Crippen LogP contribution in [0, 0.1) is 46.3 Å². The van der Waals surface area contributed by atoms with Crippen LogP contribution in [-0.2, 0) is 11.3 Å². The van der Waals surface area contributed by atoms with Crippen molar-refractivity contribution in [1.82, 2.24) is 15.6 Å². The molecule has 0 aromatic carbocycles. The number of rotatable bonds is 12. The second-order valence-electron chi connectivity index (χ2n) is 14.6. The predicted octanol–water partition coefficient (Wildman–Crippen LogP) is 6.04. The molecule has 0 spiro atoms. The molecule has 4 aliphatic rings. The van der Waals surface area contributed by atoms with Crippen LogP contribution < -0.4 is 10.6 Å². The number of carboxylic acids is 1. The first-order valence-corrected chi connectivity index (χ1v) is 16.5. The van der Waals surface area contributed by atoms with Gasteiger partial charge in [-0.2, -0.15) is 0 Å². The highest BCUT2D eigenvalue weighted by atomic mass is 16.4. The van der Waals surface area contributed by atoms with Crippen molar-refractivity contribution in [2.75, 3.05) is 13.1 Å². The Bertz CT molecular complexity index is 974. The first-order chi connectivity index (χ1) is 19.2. The van der Waals surface area contributed by atoms with Crippen molar-refractivity contribution >= 4 is 5.97 Å². The SMILES string of the molecule is C[C@H](CCC(=O)O)[C@H]1CC[C@H]2[C@@H]3[C@H](O)C[C@@H]4C[C@H](NCCCCNCc5ccccn5)CC[C@]4(C)[C@H]3CC[C@]12C. The number of aliphatic carboxylic acids is 1. The minimum atomic E-state index is -0.671. The first-order valence-electron chi connectivity index (χ1n) is 16.5. The molecule has 1 aromatic heterocycles. The second-order valence-corrected chi connectivity index (χ2v) is 14.6. The number of aliphatic hydroxyl groups excluding tert-OH is 1. The summed E-state index contributed by atoms with van der Waals surface area (Å²) in [6.45, 7) is 10.3. The Kier molecular flexibility index (Phi) is 9.58. The predicted molar refractivity (Wildman–Crippen MR) is 160 cm³/mol. The van der Waals surface area contributed by atoms with Crippen molar-refractivity contribution in [3.05, 3.63) is 30.1 Å². The summed E-state index contributed by atoms with van der Waals surface area (Å²) in [6.07, 6.45) is 14.8. The molecular formula is C34H55N3O3. The van der Waals surface area contributed by atoms with Crippen molar-refractivity contribution in [2.45, 2.75) is 117 Å². The molecule has 4 fully saturated rings. The van der Waals surface area contributed by atoms with Crippen LogP contribution in [0.15, 0.2) is 24.4 Å². The molecule has 5 rings (SSSR count). The van der Waals surface area contributed by atoms with Gasteiger partial charge in [-0.25, -0.2) is 0 Å². The van der Waals surface area contributed by atoms with Crippen LogP contribution in [0.2, 0.25) is 0 Å². The third-order valence-corrected chi connectivity index (χ3v) is 12.5. The van der Waals surface area contributed by atoms with Gasteiger partial charge in [0.2, 0.25) is 0 Å². The molecule has 224 valence electrons. The van der Waals surface area contributed by atoms with Gasteiger partial charge in [-0.05, 0) is 142 Å². The quantitative estimate of drug-likeness (QED) is 0.236. The number of nitrogens with zero attached hydrogens (tertiary/aromatic N) is 1. The molecule has 40 heavy (non-hydrogen) atoms. The number of nitrogens with one attached hydrogen (secondary N) is 2. The van der Waals surface area contributed by atoms with Crippen molar-refractivity contribution in [3.63, 3.8) is 0 Å². The highest BCUT2D eigenvalue weighted by Crippen LogP contribution is 2.68. The number of fused-ring (bicyclic) bond motifs is 5. The first kappa shape index (κ1) is 30.0. The molecule has 6 heteroatoms. The number of carboxylic acid groups (broad SMARTS) is 1. The highest BCUT2D eigenvalue weighted by molar-refractivity contribution is 5.66. The Morgan fingerprint density at radius 1 is 1.05 bits per heavy atom. The smallest absolute Gasteiger partial charge is 0.303 e. The van der Waals surface area contributed by atoms with E-state index in [0.29, 0.717) is 47.0 Å². The van der Waals surface area contributed by atoms with E-state index >= 15 is 0 Å². The highest BCUT2D eigenvalue weighted by Gasteiger charge is 2.62. The van der Waals surface area contributed by atoms with Crippen LogP contribution >= 0.6 is 0 Å². The van der Waals surface area contributed by atoms with Gasteiger partial charge in [-0.3, -0.25) is 9.78 Å². The van der Waals surface area contributed by atoms with Gasteiger partial charge in [0.15, 0.2) is 0 Å². The lowest BCUT2D eigenvalue weighted by Gasteiger charge is -2.62. The molecule has 6 nitrogen and oxygen atoms in total. The second kappa shape index (κ2) is 12.8. The van der Waals surface area contributed by atoms with Gasteiger partial charge < -0.3 is 20.8 Å². The lowest BCUT2D eigenvalue weighted by atomic mass is 9.43. The van der Waals surface area contributed by atoms with Crippen LogP contribution in [0.4, 0.5) is 0 Å². The van der Waals surface area contributed by atoms with Crippen molar-refractivity contribution in [3.8, 4) is 0 Å². The number of aliphatic hydroxyl groups is 1. The summed E-state index contributed by atoms with van der Waals surface area (Å²) < 4.78 is 0. The van der Waals surface area contributed by atoms with Crippen molar-refractivity contribution in [2.24, 2.45) is 46.3 Å². The van der Waals surface area contributed by atoms with Crippen LogP contribution in [0.5, 0.6) is 0 Å². The Balaban J connectivity index is 1.10. The maximum atomic E-state index is 11.7. The Morgan fingerprint density at radius 2 is 1.82 bits per heavy atom. The molecular weight excluding hydrogens is 498 g/mol. The lowest BCUT2D eigenvalue weighted by molar-refractivity contribution is -0.167. The summed E-state index contributed by atoms with van der Waals surface area (Å²) >= 11 is 0. The Hall–Kier alpha value is -1.50. The van der Waals surface area contributed by atoms with Crippen LogP contribution in [0.3, 0.4) is 0 Å². The van der Waals surface area contributed by atoms with Gasteiger partial charge in [-0.1, -0.05) is 26.8 Å². The number of hydrogen-bond donors (Lipinski definition) is 4. The molecule has 10 atom stereocenters. The number of aromatic nitrogens is 1. The van der Waals surface area contributed by atoms with Crippen molar-refractivity contribution in [1.29, 1.82) is 0 Å². The largest absolute Gasteiger partial charge is 0.481 e. The van der Waals surface area contributed by atoms with Gasteiger partial charge in [-0.15, -0.1) is 0 Å². The number of pyridine rings is 1. The fourth-order valence-corrected chi connectivity index (χ4v) is 10.3. The van der Waals surface area contributed by atoms with Crippen molar-refractivity contribution < 1.29 is 15.0 Å². The van der Waals surface area contributed by atoms with E-state index in [1.54, 1.807) is 0 Å². The van der Waals surface area contributed by atoms with Gasteiger partial charge in [0.1, 0.15) is 0 Å². The van der Waals surface area contributed by atoms with Crippen LogP contribution in [0.1, 0.15) is 104 Å². The van der Waals surface area contributed by atoms with E-state index in [1.165, 1.54) is 57.8 Å². The zero-order valence-electron chi connectivity index (χ0n) is 25.3. The number of hydrogen-bond acceptors (Lipinski definition) is 5. The topological polar surface area (TPSA) is 94.5 Å². The van der Waals surface area contributed by atoms with E-state index in [4.69, 9.17) is 0 Å². The molecule has 4 aliphatic carbocycles. The lowest BCUT2D eigenvalue weighted by Crippen LogP contribution is -2.59. The fraction of sp³-hybridized carbons (Fsp3) is 0.824. The van der Waals surface area contributed by atoms with Gasteiger partial charge >= 0.3 is 5.97 Å². The standard InChI is InChI=1S/C34H55N3O3/c1-23(9-12-31(39)40)27-10-11-28-32-29(14-16-34(27,28)3)33(2)15-13-25(20-24(33)21-30(32)38)36-19-7-6-17-35-22-26-8-4-5-18-37-26/h4-5,8,18,23-25,27-30,32,35-36,38H,6-7,9-17,19-22H2,1-3H3,(H,39,40)/t23-,24+,25-,27-,28+,29+,30-,32+,33+,34-/m1/s1. The average molecular weight is 554 g/mol. The third kappa shape index (κ3) is 6.15. The maximum absolute atomic E-state index is 11.7. The molecule has 4 saturated carbocycles. The molecule has 0 aliphatic heterocycles. The van der Waals surface area contributed by atoms with E-state index in [1.807, 2.05) is 18.3 Å². The molecule has 0 radical (unpaired) electrons. The summed E-state index contributed by atoms with van der Waals surface area (Å²) in [5.41, 5.74) is 1.71. The fourth-order valence-electron chi connectivity index (χ4n) is 10.3. The molecule has 0 unspecified atom stereocenters. The van der Waals surface area contributed by atoms with Gasteiger partial charge in [0.05, 0.1) is 11.8 Å². The minimum Gasteiger partial charge on any atom is -0.481 e. The molecule has 0 saturated heterocycles. The Labute approximate surface area is 242 Å². The summed E-state index contributed by atoms with van der Waals surface area (Å²) in [7, 11) is 0. The summed E-state index contributed by atoms with van der Waals surface area (Å²) in [5.74, 6) is 2.66. The molecule has 1 heterocycles. The van der Waals surface area contributed by atoms with E-state index in [-0.39, 0.29) is 17.9 Å². The zero-order valence-corrected chi connectivity index (χ0v) is 25.3. The molecule has 4 N–H and O–H groups in total. The van der Waals surface area contributed by atoms with Crippen LogP contribution in [0.25, 0.3) is 0 Å². The summed E-state index contributed by atoms with van der Waals surface area (Å²) in [4.78, 5) is 15.6. The zero-order chi connectivity index (χ0) is 28.3. The van der Waals surface area contributed by atoms with E-state index < -0.39 is 5.97 Å². The monoisotopic (exact) mass is 553 g/mol.